The van der Waals surface area contributed by atoms with Gasteiger partial charge in [-0.05, 0) is 93.2 Å². The third-order valence-corrected chi connectivity index (χ3v) is 14.6. The first-order valence-electron chi connectivity index (χ1n) is 17.1. The number of Topliss-reactive ketones (excluding diaryl/α,β-unsaturated/α-hetero) is 1. The Bertz CT molecular complexity index is 1250. The van der Waals surface area contributed by atoms with E-state index in [4.69, 9.17) is 0 Å². The lowest BCUT2D eigenvalue weighted by atomic mass is 9.41. The second-order valence-corrected chi connectivity index (χ2v) is 16.8. The fourth-order valence-electron chi connectivity index (χ4n) is 12.1. The summed E-state index contributed by atoms with van der Waals surface area (Å²) in [6, 6.07) is 10.9. The van der Waals surface area contributed by atoms with Gasteiger partial charge in [-0.25, -0.2) is 0 Å². The standard InChI is InChI=1S/C37H57N3O3/c1-23(2)32(43)39-29-16-17-36-21-37(36)28(15-14-27(36)33(29,4)22-38-20-25-12-10-9-11-13-25)34(5)18-26(41)31(24(3)40(7)8)35(34,6)19-30(37)42/h9-13,23-24,26-29,31,38,41H,14-22H2,1-8H3,(H,39,43)/t24-,26+,27-,28-,29-,31-,33-,34-,35+,36+,37-/m0/s1. The second-order valence-electron chi connectivity index (χ2n) is 16.8. The number of hydrogen-bond acceptors (Lipinski definition) is 5. The van der Waals surface area contributed by atoms with Crippen molar-refractivity contribution in [2.45, 2.75) is 111 Å². The molecule has 1 aromatic carbocycles. The normalized spacial score (nSPS) is 45.7. The third kappa shape index (κ3) is 4.21. The van der Waals surface area contributed by atoms with Crippen molar-refractivity contribution in [1.82, 2.24) is 15.5 Å². The van der Waals surface area contributed by atoms with E-state index in [1.54, 1.807) is 0 Å². The Balaban J connectivity index is 1.33. The summed E-state index contributed by atoms with van der Waals surface area (Å²) in [7, 11) is 4.21. The number of carbonyl (C=O) groups is 2. The van der Waals surface area contributed by atoms with E-state index in [1.807, 2.05) is 13.8 Å². The predicted octanol–water partition coefficient (Wildman–Crippen LogP) is 5.44. The van der Waals surface area contributed by atoms with E-state index < -0.39 is 0 Å². The van der Waals surface area contributed by atoms with Crippen molar-refractivity contribution in [2.24, 2.45) is 50.7 Å². The summed E-state index contributed by atoms with van der Waals surface area (Å²) in [4.78, 5) is 30.1. The molecule has 6 rings (SSSR count). The number of rotatable bonds is 8. The van der Waals surface area contributed by atoms with Gasteiger partial charge in [0, 0.05) is 54.3 Å². The Kier molecular flexibility index (Phi) is 7.54. The average Bonchev–Trinajstić information content (AvgIpc) is 3.59. The van der Waals surface area contributed by atoms with Crippen molar-refractivity contribution in [3.8, 4) is 0 Å². The van der Waals surface area contributed by atoms with Crippen LogP contribution in [0.1, 0.15) is 92.1 Å². The highest BCUT2D eigenvalue weighted by molar-refractivity contribution is 5.92. The molecule has 0 heterocycles. The van der Waals surface area contributed by atoms with Gasteiger partial charge >= 0.3 is 0 Å². The summed E-state index contributed by atoms with van der Waals surface area (Å²) in [5, 5.41) is 18.9. The summed E-state index contributed by atoms with van der Waals surface area (Å²) in [6.07, 6.45) is 6.09. The van der Waals surface area contributed by atoms with Crippen LogP contribution >= 0.6 is 0 Å². The van der Waals surface area contributed by atoms with E-state index in [9.17, 15) is 14.7 Å². The lowest BCUT2D eigenvalue weighted by Gasteiger charge is -2.63. The van der Waals surface area contributed by atoms with Gasteiger partial charge in [-0.15, -0.1) is 0 Å². The molecule has 5 saturated carbocycles. The lowest BCUT2D eigenvalue weighted by molar-refractivity contribution is -0.171. The van der Waals surface area contributed by atoms with Gasteiger partial charge in [0.05, 0.1) is 6.10 Å². The molecule has 0 unspecified atom stereocenters. The quantitative estimate of drug-likeness (QED) is 0.375. The second kappa shape index (κ2) is 10.4. The molecule has 5 aliphatic rings. The Morgan fingerprint density at radius 1 is 1.02 bits per heavy atom. The highest BCUT2D eigenvalue weighted by Gasteiger charge is 2.86. The molecule has 1 aromatic rings. The molecule has 0 aromatic heterocycles. The number of nitrogens with zero attached hydrogens (tertiary/aromatic N) is 1. The SMILES string of the molecule is CC(C)C(=O)N[C@H]1CC[C@]23C[C@]24C(=O)C[C@]2(C)[C@@H]([C@H](C)N(C)C)[C@H](O)C[C@@]2(C)[C@@H]4CC[C@H]3[C@]1(C)CNCc1ccccc1. The van der Waals surface area contributed by atoms with Crippen LogP contribution in [0.25, 0.3) is 0 Å². The largest absolute Gasteiger partial charge is 0.393 e. The van der Waals surface area contributed by atoms with Gasteiger partial charge in [0.2, 0.25) is 5.91 Å². The van der Waals surface area contributed by atoms with E-state index in [0.717, 1.165) is 51.6 Å². The van der Waals surface area contributed by atoms with Crippen LogP contribution in [-0.4, -0.2) is 60.5 Å². The van der Waals surface area contributed by atoms with Gasteiger partial charge in [-0.3, -0.25) is 9.59 Å². The zero-order chi connectivity index (χ0) is 31.2. The number of benzene rings is 1. The number of fused-ring (bicyclic) bond motifs is 2. The van der Waals surface area contributed by atoms with Crippen LogP contribution in [0, 0.1) is 50.7 Å². The number of amides is 1. The van der Waals surface area contributed by atoms with Crippen LogP contribution < -0.4 is 10.6 Å². The van der Waals surface area contributed by atoms with Crippen LogP contribution in [0.3, 0.4) is 0 Å². The minimum Gasteiger partial charge on any atom is -0.393 e. The number of carbonyl (C=O) groups excluding carboxylic acids is 2. The number of aliphatic hydroxyl groups is 1. The zero-order valence-corrected chi connectivity index (χ0v) is 28.0. The molecule has 0 bridgehead atoms. The monoisotopic (exact) mass is 591 g/mol. The minimum absolute atomic E-state index is 0.00970. The lowest BCUT2D eigenvalue weighted by Crippen LogP contribution is -2.65. The maximum absolute atomic E-state index is 14.8. The fraction of sp³-hybridized carbons (Fsp3) is 0.784. The van der Waals surface area contributed by atoms with Gasteiger partial charge < -0.3 is 20.6 Å². The molecule has 6 nitrogen and oxygen atoms in total. The molecule has 2 spiro atoms. The molecular weight excluding hydrogens is 534 g/mol. The molecule has 0 aliphatic heterocycles. The zero-order valence-electron chi connectivity index (χ0n) is 28.0. The summed E-state index contributed by atoms with van der Waals surface area (Å²) in [5.74, 6) is 1.36. The molecule has 3 N–H and O–H groups in total. The molecule has 1 amide bonds. The van der Waals surface area contributed by atoms with Gasteiger partial charge in [0.25, 0.3) is 0 Å². The number of aliphatic hydroxyl groups excluding tert-OH is 1. The van der Waals surface area contributed by atoms with Gasteiger partial charge in [0.1, 0.15) is 5.78 Å². The van der Waals surface area contributed by atoms with E-state index in [0.29, 0.717) is 24.0 Å². The molecule has 5 aliphatic carbocycles. The Labute approximate surface area is 260 Å². The van der Waals surface area contributed by atoms with E-state index in [1.165, 1.54) is 5.56 Å². The van der Waals surface area contributed by atoms with Crippen LogP contribution in [0.4, 0.5) is 0 Å². The molecule has 43 heavy (non-hydrogen) atoms. The van der Waals surface area contributed by atoms with Crippen molar-refractivity contribution < 1.29 is 14.7 Å². The maximum Gasteiger partial charge on any atom is 0.222 e. The van der Waals surface area contributed by atoms with Gasteiger partial charge in [-0.1, -0.05) is 65.0 Å². The summed E-state index contributed by atoms with van der Waals surface area (Å²) < 4.78 is 0. The predicted molar refractivity (Wildman–Crippen MR) is 171 cm³/mol. The number of nitrogens with one attached hydrogen (secondary N) is 2. The molecule has 0 radical (unpaired) electrons. The first kappa shape index (κ1) is 31.2. The maximum atomic E-state index is 14.8. The molecular formula is C37H57N3O3. The van der Waals surface area contributed by atoms with E-state index in [-0.39, 0.29) is 63.0 Å². The van der Waals surface area contributed by atoms with Gasteiger partial charge in [0.15, 0.2) is 0 Å². The Hall–Kier alpha value is -1.76. The van der Waals surface area contributed by atoms with Crippen molar-refractivity contribution >= 4 is 11.7 Å². The summed E-state index contributed by atoms with van der Waals surface area (Å²) in [6.45, 7) is 15.0. The number of ketones is 1. The topological polar surface area (TPSA) is 81.7 Å². The van der Waals surface area contributed by atoms with Crippen LogP contribution in [0.2, 0.25) is 0 Å². The highest BCUT2D eigenvalue weighted by Crippen LogP contribution is 2.87. The Morgan fingerprint density at radius 2 is 1.70 bits per heavy atom. The molecule has 11 atom stereocenters. The van der Waals surface area contributed by atoms with Crippen molar-refractivity contribution in [2.75, 3.05) is 20.6 Å². The van der Waals surface area contributed by atoms with Crippen LogP contribution in [0.15, 0.2) is 30.3 Å². The van der Waals surface area contributed by atoms with Crippen LogP contribution in [0.5, 0.6) is 0 Å². The smallest absolute Gasteiger partial charge is 0.222 e. The highest BCUT2D eigenvalue weighted by atomic mass is 16.3. The van der Waals surface area contributed by atoms with E-state index in [2.05, 4.69) is 87.7 Å². The average molecular weight is 592 g/mol. The van der Waals surface area contributed by atoms with Crippen LogP contribution in [-0.2, 0) is 16.1 Å². The minimum atomic E-state index is -0.378. The summed E-state index contributed by atoms with van der Waals surface area (Å²) in [5.41, 5.74) is 0.591. The first-order chi connectivity index (χ1) is 20.2. The Morgan fingerprint density at radius 3 is 2.35 bits per heavy atom. The summed E-state index contributed by atoms with van der Waals surface area (Å²) >= 11 is 0. The third-order valence-electron chi connectivity index (χ3n) is 14.6. The molecule has 0 saturated heterocycles. The fourth-order valence-corrected chi connectivity index (χ4v) is 12.1. The van der Waals surface area contributed by atoms with E-state index >= 15 is 0 Å². The van der Waals surface area contributed by atoms with Gasteiger partial charge in [-0.2, -0.15) is 0 Å². The number of hydrogen-bond donors (Lipinski definition) is 3. The van der Waals surface area contributed by atoms with Crippen molar-refractivity contribution in [3.63, 3.8) is 0 Å². The molecule has 5 fully saturated rings. The molecule has 238 valence electrons. The van der Waals surface area contributed by atoms with Crippen molar-refractivity contribution in [3.05, 3.63) is 35.9 Å². The first-order valence-corrected chi connectivity index (χ1v) is 17.1. The molecule has 6 heteroatoms. The van der Waals surface area contributed by atoms with Crippen molar-refractivity contribution in [1.29, 1.82) is 0 Å².